The van der Waals surface area contributed by atoms with Crippen LogP contribution in [0.5, 0.6) is 0 Å². The fraction of sp³-hybridized carbons (Fsp3) is 0.435. The van der Waals surface area contributed by atoms with Crippen molar-refractivity contribution in [3.05, 3.63) is 65.7 Å². The fourth-order valence-corrected chi connectivity index (χ4v) is 6.21. The summed E-state index contributed by atoms with van der Waals surface area (Å²) in [5, 5.41) is 3.07. The number of rotatable bonds is 6. The molecule has 2 aliphatic rings. The van der Waals surface area contributed by atoms with E-state index in [2.05, 4.69) is 34.5 Å². The van der Waals surface area contributed by atoms with E-state index in [0.29, 0.717) is 19.6 Å². The largest absolute Gasteiger partial charge is 0.370 e. The van der Waals surface area contributed by atoms with Crippen LogP contribution in [0.3, 0.4) is 0 Å². The van der Waals surface area contributed by atoms with E-state index in [0.717, 1.165) is 35.7 Å². The van der Waals surface area contributed by atoms with Gasteiger partial charge in [0.25, 0.3) is 0 Å². The molecule has 6 nitrogen and oxygen atoms in total. The maximum absolute atomic E-state index is 13.2. The Bertz CT molecular complexity index is 961. The van der Waals surface area contributed by atoms with Crippen LogP contribution >= 0.6 is 11.8 Å². The number of thioether (sulfide) groups is 1. The van der Waals surface area contributed by atoms with Gasteiger partial charge in [-0.15, -0.1) is 0 Å². The average molecular weight is 460 g/mol. The first-order chi connectivity index (χ1) is 15.0. The van der Waals surface area contributed by atoms with Gasteiger partial charge in [0.2, 0.25) is 5.91 Å². The molecule has 2 aliphatic heterocycles. The molecular weight excluding hydrogens is 430 g/mol. The van der Waals surface area contributed by atoms with Crippen molar-refractivity contribution in [2.45, 2.75) is 12.6 Å². The summed E-state index contributed by atoms with van der Waals surface area (Å²) in [6, 6.07) is 17.5. The average Bonchev–Trinajstić information content (AvgIpc) is 2.80. The molecule has 0 aromatic heterocycles. The molecule has 1 amide bonds. The molecule has 1 unspecified atom stereocenters. The molecule has 166 valence electrons. The van der Waals surface area contributed by atoms with Gasteiger partial charge in [0, 0.05) is 49.9 Å². The van der Waals surface area contributed by atoms with Gasteiger partial charge < -0.3 is 10.2 Å². The topological polar surface area (TPSA) is 69.7 Å². The fourth-order valence-electron chi connectivity index (χ4n) is 4.08. The molecule has 0 bridgehead atoms. The van der Waals surface area contributed by atoms with Gasteiger partial charge >= 0.3 is 0 Å². The zero-order valence-corrected chi connectivity index (χ0v) is 19.2. The summed E-state index contributed by atoms with van der Waals surface area (Å²) in [6.45, 7) is 3.34. The lowest BCUT2D eigenvalue weighted by molar-refractivity contribution is -0.126. The molecule has 2 fully saturated rings. The second-order valence-corrected chi connectivity index (χ2v) is 11.5. The van der Waals surface area contributed by atoms with Crippen molar-refractivity contribution in [2.75, 3.05) is 54.1 Å². The van der Waals surface area contributed by atoms with Crippen LogP contribution in [0.15, 0.2) is 54.6 Å². The Morgan fingerprint density at radius 3 is 2.23 bits per heavy atom. The Morgan fingerprint density at radius 2 is 1.58 bits per heavy atom. The maximum atomic E-state index is 13.2. The van der Waals surface area contributed by atoms with E-state index in [1.54, 1.807) is 0 Å². The van der Waals surface area contributed by atoms with E-state index in [4.69, 9.17) is 0 Å². The predicted octanol–water partition coefficient (Wildman–Crippen LogP) is 2.33. The summed E-state index contributed by atoms with van der Waals surface area (Å²) in [5.74, 6) is 2.43. The number of hydrogen-bond donors (Lipinski definition) is 1. The van der Waals surface area contributed by atoms with Crippen LogP contribution in [0.25, 0.3) is 0 Å². The van der Waals surface area contributed by atoms with Gasteiger partial charge in [0.15, 0.2) is 9.84 Å². The second kappa shape index (κ2) is 10.1. The lowest BCUT2D eigenvalue weighted by atomic mass is 10.0. The van der Waals surface area contributed by atoms with Gasteiger partial charge in [-0.2, -0.15) is 11.8 Å². The molecule has 2 saturated heterocycles. The Labute approximate surface area is 188 Å². The molecule has 2 heterocycles. The highest BCUT2D eigenvalue weighted by Crippen LogP contribution is 2.24. The summed E-state index contributed by atoms with van der Waals surface area (Å²) in [6.07, 6.45) is 0. The Hall–Kier alpha value is -2.03. The van der Waals surface area contributed by atoms with Gasteiger partial charge in [-0.25, -0.2) is 8.42 Å². The normalized spacial score (nSPS) is 20.2. The first kappa shape index (κ1) is 22.2. The molecular formula is C23H29N3O3S2. The van der Waals surface area contributed by atoms with E-state index < -0.39 is 15.9 Å². The molecule has 1 atom stereocenters. The number of amides is 1. The van der Waals surface area contributed by atoms with E-state index in [1.807, 2.05) is 47.0 Å². The molecule has 31 heavy (non-hydrogen) atoms. The number of hydrogen-bond acceptors (Lipinski definition) is 6. The van der Waals surface area contributed by atoms with Crippen molar-refractivity contribution in [1.29, 1.82) is 0 Å². The highest BCUT2D eigenvalue weighted by Gasteiger charge is 2.32. The second-order valence-electron chi connectivity index (χ2n) is 7.98. The van der Waals surface area contributed by atoms with E-state index >= 15 is 0 Å². The van der Waals surface area contributed by atoms with Crippen LogP contribution in [-0.2, 0) is 21.2 Å². The number of nitrogens with one attached hydrogen (secondary N) is 1. The monoisotopic (exact) mass is 459 g/mol. The van der Waals surface area contributed by atoms with Crippen LogP contribution in [0.2, 0.25) is 0 Å². The quantitative estimate of drug-likeness (QED) is 0.715. The van der Waals surface area contributed by atoms with Crippen LogP contribution in [0, 0.1) is 0 Å². The van der Waals surface area contributed by atoms with Crippen molar-refractivity contribution in [1.82, 2.24) is 10.2 Å². The summed E-state index contributed by atoms with van der Waals surface area (Å²) >= 11 is 1.99. The third-order valence-electron chi connectivity index (χ3n) is 5.89. The molecule has 0 aliphatic carbocycles. The van der Waals surface area contributed by atoms with Crippen LogP contribution in [-0.4, -0.2) is 68.4 Å². The molecule has 8 heteroatoms. The van der Waals surface area contributed by atoms with Crippen LogP contribution in [0.1, 0.15) is 17.2 Å². The molecule has 0 radical (unpaired) electrons. The molecule has 2 aromatic rings. The molecule has 4 rings (SSSR count). The lowest BCUT2D eigenvalue weighted by Gasteiger charge is -2.33. The van der Waals surface area contributed by atoms with Gasteiger partial charge in [-0.3, -0.25) is 9.69 Å². The summed E-state index contributed by atoms with van der Waals surface area (Å²) < 4.78 is 23.7. The number of carbonyl (C=O) groups excluding carboxylic acids is 1. The number of benzene rings is 2. The Morgan fingerprint density at radius 1 is 0.935 bits per heavy atom. The van der Waals surface area contributed by atoms with E-state index in [9.17, 15) is 13.2 Å². The molecule has 0 saturated carbocycles. The van der Waals surface area contributed by atoms with Gasteiger partial charge in [-0.1, -0.05) is 42.5 Å². The molecule has 2 aromatic carbocycles. The standard InChI is InChI=1S/C23H29N3O3S2/c27-23(24-18-19-6-8-21(9-7-19)25-10-14-30-15-11-25)22(20-4-2-1-3-5-20)26-12-16-31(28,29)17-13-26/h1-9,22H,10-18H2,(H,24,27). The highest BCUT2D eigenvalue weighted by atomic mass is 32.2. The lowest BCUT2D eigenvalue weighted by Crippen LogP contribution is -2.47. The van der Waals surface area contributed by atoms with Crippen molar-refractivity contribution in [2.24, 2.45) is 0 Å². The summed E-state index contributed by atoms with van der Waals surface area (Å²) in [5.41, 5.74) is 3.17. The Kier molecular flexibility index (Phi) is 7.20. The smallest absolute Gasteiger partial charge is 0.242 e. The predicted molar refractivity (Wildman–Crippen MR) is 127 cm³/mol. The van der Waals surface area contributed by atoms with E-state index in [1.165, 1.54) is 5.69 Å². The third kappa shape index (κ3) is 5.81. The number of sulfone groups is 1. The van der Waals surface area contributed by atoms with Crippen molar-refractivity contribution in [3.8, 4) is 0 Å². The van der Waals surface area contributed by atoms with Crippen LogP contribution < -0.4 is 10.2 Å². The zero-order chi connectivity index (χ0) is 21.7. The minimum absolute atomic E-state index is 0.0948. The highest BCUT2D eigenvalue weighted by molar-refractivity contribution is 7.99. The minimum atomic E-state index is -3.00. The third-order valence-corrected chi connectivity index (χ3v) is 8.44. The molecule has 0 spiro atoms. The Balaban J connectivity index is 1.41. The summed E-state index contributed by atoms with van der Waals surface area (Å²) in [4.78, 5) is 17.6. The minimum Gasteiger partial charge on any atom is -0.370 e. The van der Waals surface area contributed by atoms with Crippen molar-refractivity contribution >= 4 is 33.2 Å². The van der Waals surface area contributed by atoms with Crippen molar-refractivity contribution in [3.63, 3.8) is 0 Å². The summed E-state index contributed by atoms with van der Waals surface area (Å²) in [7, 11) is -3.00. The van der Waals surface area contributed by atoms with Crippen LogP contribution in [0.4, 0.5) is 5.69 Å². The zero-order valence-electron chi connectivity index (χ0n) is 17.6. The van der Waals surface area contributed by atoms with Gasteiger partial charge in [-0.05, 0) is 23.3 Å². The number of nitrogens with zero attached hydrogens (tertiary/aromatic N) is 2. The number of anilines is 1. The first-order valence-electron chi connectivity index (χ1n) is 10.7. The van der Waals surface area contributed by atoms with Crippen molar-refractivity contribution < 1.29 is 13.2 Å². The SMILES string of the molecule is O=C(NCc1ccc(N2CCSCC2)cc1)C(c1ccccc1)N1CCS(=O)(=O)CC1. The number of carbonyl (C=O) groups is 1. The van der Waals surface area contributed by atoms with E-state index in [-0.39, 0.29) is 17.4 Å². The first-order valence-corrected chi connectivity index (χ1v) is 13.7. The molecule has 1 N–H and O–H groups in total. The van der Waals surface area contributed by atoms with Gasteiger partial charge in [0.05, 0.1) is 11.5 Å². The maximum Gasteiger partial charge on any atom is 0.242 e. The van der Waals surface area contributed by atoms with Gasteiger partial charge in [0.1, 0.15) is 6.04 Å².